The highest BCUT2D eigenvalue weighted by atomic mass is 16.4. The topological polar surface area (TPSA) is 63.8 Å². The van der Waals surface area contributed by atoms with Crippen molar-refractivity contribution in [2.45, 2.75) is 20.0 Å². The van der Waals surface area contributed by atoms with Gasteiger partial charge in [0.25, 0.3) is 0 Å². The molecule has 2 aromatic heterocycles. The monoisotopic (exact) mass is 280 g/mol. The van der Waals surface area contributed by atoms with Crippen LogP contribution in [-0.4, -0.2) is 15.2 Å². The van der Waals surface area contributed by atoms with Crippen LogP contribution in [0.2, 0.25) is 0 Å². The third kappa shape index (κ3) is 3.32. The van der Waals surface area contributed by atoms with E-state index in [2.05, 4.69) is 20.5 Å². The highest BCUT2D eigenvalue weighted by molar-refractivity contribution is 5.57. The fraction of sp³-hybridized carbons (Fsp3) is 0.188. The molecule has 0 spiro atoms. The van der Waals surface area contributed by atoms with Gasteiger partial charge in [-0.2, -0.15) is 0 Å². The Balaban J connectivity index is 1.62. The second-order valence-corrected chi connectivity index (χ2v) is 4.74. The van der Waals surface area contributed by atoms with E-state index in [1.807, 2.05) is 49.4 Å². The van der Waals surface area contributed by atoms with Crippen LogP contribution < -0.4 is 5.32 Å². The van der Waals surface area contributed by atoms with E-state index in [4.69, 9.17) is 4.42 Å². The number of rotatable bonds is 5. The second-order valence-electron chi connectivity index (χ2n) is 4.74. The molecule has 0 saturated heterocycles. The van der Waals surface area contributed by atoms with Crippen molar-refractivity contribution >= 4 is 0 Å². The molecule has 5 heteroatoms. The van der Waals surface area contributed by atoms with Crippen molar-refractivity contribution in [1.29, 1.82) is 0 Å². The van der Waals surface area contributed by atoms with Crippen molar-refractivity contribution in [3.63, 3.8) is 0 Å². The molecule has 21 heavy (non-hydrogen) atoms. The summed E-state index contributed by atoms with van der Waals surface area (Å²) in [5, 5.41) is 11.4. The van der Waals surface area contributed by atoms with Gasteiger partial charge in [-0.3, -0.25) is 4.98 Å². The van der Waals surface area contributed by atoms with Crippen LogP contribution >= 0.6 is 0 Å². The average molecular weight is 280 g/mol. The van der Waals surface area contributed by atoms with Crippen molar-refractivity contribution in [2.75, 3.05) is 0 Å². The van der Waals surface area contributed by atoms with E-state index in [0.29, 0.717) is 24.9 Å². The van der Waals surface area contributed by atoms with Crippen molar-refractivity contribution in [3.05, 3.63) is 65.8 Å². The summed E-state index contributed by atoms with van der Waals surface area (Å²) in [5.41, 5.74) is 3.08. The van der Waals surface area contributed by atoms with Gasteiger partial charge in [-0.15, -0.1) is 10.2 Å². The Hall–Kier alpha value is -2.53. The fourth-order valence-electron chi connectivity index (χ4n) is 2.05. The molecule has 0 radical (unpaired) electrons. The molecule has 0 aliphatic carbocycles. The average Bonchev–Trinajstić information content (AvgIpc) is 2.97. The molecule has 2 heterocycles. The SMILES string of the molecule is Cc1ccccc1-c1nnc(CNCc2ccccn2)o1. The molecule has 0 saturated carbocycles. The molecule has 0 aliphatic heterocycles. The predicted octanol–water partition coefficient (Wildman–Crippen LogP) is 2.73. The van der Waals surface area contributed by atoms with E-state index < -0.39 is 0 Å². The van der Waals surface area contributed by atoms with E-state index >= 15 is 0 Å². The van der Waals surface area contributed by atoms with Crippen LogP contribution in [0.25, 0.3) is 11.5 Å². The van der Waals surface area contributed by atoms with E-state index in [-0.39, 0.29) is 0 Å². The van der Waals surface area contributed by atoms with E-state index in [1.165, 1.54) is 0 Å². The first-order valence-corrected chi connectivity index (χ1v) is 6.82. The highest BCUT2D eigenvalue weighted by Crippen LogP contribution is 2.21. The number of hydrogen-bond donors (Lipinski definition) is 1. The van der Waals surface area contributed by atoms with Gasteiger partial charge < -0.3 is 9.73 Å². The molecule has 3 aromatic rings. The third-order valence-corrected chi connectivity index (χ3v) is 3.15. The van der Waals surface area contributed by atoms with Gasteiger partial charge in [-0.1, -0.05) is 24.3 Å². The number of nitrogens with one attached hydrogen (secondary N) is 1. The lowest BCUT2D eigenvalue weighted by atomic mass is 10.1. The summed E-state index contributed by atoms with van der Waals surface area (Å²) in [7, 11) is 0. The van der Waals surface area contributed by atoms with Gasteiger partial charge in [0.1, 0.15) is 0 Å². The normalized spacial score (nSPS) is 10.7. The van der Waals surface area contributed by atoms with Crippen LogP contribution in [0, 0.1) is 6.92 Å². The van der Waals surface area contributed by atoms with Gasteiger partial charge >= 0.3 is 0 Å². The number of hydrogen-bond acceptors (Lipinski definition) is 5. The van der Waals surface area contributed by atoms with Gasteiger partial charge in [-0.05, 0) is 30.7 Å². The smallest absolute Gasteiger partial charge is 0.248 e. The van der Waals surface area contributed by atoms with E-state index in [9.17, 15) is 0 Å². The molecular formula is C16H16N4O. The third-order valence-electron chi connectivity index (χ3n) is 3.15. The van der Waals surface area contributed by atoms with Crippen LogP contribution in [0.1, 0.15) is 17.1 Å². The number of aromatic nitrogens is 3. The van der Waals surface area contributed by atoms with Gasteiger partial charge in [0.15, 0.2) is 0 Å². The van der Waals surface area contributed by atoms with E-state index in [0.717, 1.165) is 16.8 Å². The van der Waals surface area contributed by atoms with Crippen LogP contribution in [0.5, 0.6) is 0 Å². The molecule has 0 atom stereocenters. The Kier molecular flexibility index (Phi) is 4.02. The van der Waals surface area contributed by atoms with Gasteiger partial charge in [-0.25, -0.2) is 0 Å². The predicted molar refractivity (Wildman–Crippen MR) is 79.3 cm³/mol. The Bertz CT molecular complexity index is 709. The fourth-order valence-corrected chi connectivity index (χ4v) is 2.05. The Morgan fingerprint density at radius 2 is 1.86 bits per heavy atom. The molecule has 1 aromatic carbocycles. The molecule has 0 aliphatic rings. The van der Waals surface area contributed by atoms with Crippen molar-refractivity contribution in [1.82, 2.24) is 20.5 Å². The molecule has 0 fully saturated rings. The Labute approximate surface area is 123 Å². The number of nitrogens with zero attached hydrogens (tertiary/aromatic N) is 3. The minimum atomic E-state index is 0.523. The molecule has 1 N–H and O–H groups in total. The quantitative estimate of drug-likeness (QED) is 0.778. The number of pyridine rings is 1. The van der Waals surface area contributed by atoms with Crippen LogP contribution in [-0.2, 0) is 13.1 Å². The van der Waals surface area contributed by atoms with Gasteiger partial charge in [0, 0.05) is 18.3 Å². The lowest BCUT2D eigenvalue weighted by molar-refractivity contribution is 0.476. The summed E-state index contributed by atoms with van der Waals surface area (Å²) in [6.07, 6.45) is 1.78. The zero-order valence-electron chi connectivity index (χ0n) is 11.8. The molecular weight excluding hydrogens is 264 g/mol. The summed E-state index contributed by atoms with van der Waals surface area (Å²) in [4.78, 5) is 4.25. The number of aryl methyl sites for hydroxylation is 1. The van der Waals surface area contributed by atoms with Crippen molar-refractivity contribution in [3.8, 4) is 11.5 Å². The van der Waals surface area contributed by atoms with Crippen LogP contribution in [0.15, 0.2) is 53.1 Å². The summed E-state index contributed by atoms with van der Waals surface area (Å²) in [5.74, 6) is 1.13. The molecule has 0 amide bonds. The van der Waals surface area contributed by atoms with Gasteiger partial charge in [0.2, 0.25) is 11.8 Å². The first-order chi connectivity index (χ1) is 10.3. The largest absolute Gasteiger partial charge is 0.419 e. The van der Waals surface area contributed by atoms with Crippen LogP contribution in [0.4, 0.5) is 0 Å². The van der Waals surface area contributed by atoms with Crippen molar-refractivity contribution in [2.24, 2.45) is 0 Å². The Morgan fingerprint density at radius 1 is 1.00 bits per heavy atom. The van der Waals surface area contributed by atoms with Crippen molar-refractivity contribution < 1.29 is 4.42 Å². The number of benzene rings is 1. The molecule has 106 valence electrons. The maximum absolute atomic E-state index is 5.68. The second kappa shape index (κ2) is 6.28. The molecule has 0 bridgehead atoms. The first kappa shape index (κ1) is 13.5. The highest BCUT2D eigenvalue weighted by Gasteiger charge is 2.09. The zero-order valence-corrected chi connectivity index (χ0v) is 11.8. The Morgan fingerprint density at radius 3 is 2.67 bits per heavy atom. The summed E-state index contributed by atoms with van der Waals surface area (Å²) < 4.78 is 5.68. The standard InChI is InChI=1S/C16H16N4O/c1-12-6-2-3-8-14(12)16-20-19-15(21-16)11-17-10-13-7-4-5-9-18-13/h2-9,17H,10-11H2,1H3. The lowest BCUT2D eigenvalue weighted by Gasteiger charge is -2.01. The summed E-state index contributed by atoms with van der Waals surface area (Å²) in [6.45, 7) is 3.22. The minimum Gasteiger partial charge on any atom is -0.419 e. The maximum atomic E-state index is 5.68. The first-order valence-electron chi connectivity index (χ1n) is 6.82. The summed E-state index contributed by atoms with van der Waals surface area (Å²) >= 11 is 0. The molecule has 5 nitrogen and oxygen atoms in total. The van der Waals surface area contributed by atoms with E-state index in [1.54, 1.807) is 6.20 Å². The summed E-state index contributed by atoms with van der Waals surface area (Å²) in [6, 6.07) is 13.8. The maximum Gasteiger partial charge on any atom is 0.248 e. The zero-order chi connectivity index (χ0) is 14.5. The van der Waals surface area contributed by atoms with Crippen LogP contribution in [0.3, 0.4) is 0 Å². The minimum absolute atomic E-state index is 0.523. The molecule has 0 unspecified atom stereocenters. The van der Waals surface area contributed by atoms with Gasteiger partial charge in [0.05, 0.1) is 12.2 Å². The molecule has 3 rings (SSSR count). The lowest BCUT2D eigenvalue weighted by Crippen LogP contribution is -2.13.